The number of nitrogens with one attached hydrogen (secondary N) is 1. The topological polar surface area (TPSA) is 51.3 Å². The van der Waals surface area contributed by atoms with Gasteiger partial charge in [-0.1, -0.05) is 20.8 Å². The molecule has 0 unspecified atom stereocenters. The fourth-order valence-electron chi connectivity index (χ4n) is 3.18. The number of H-pyrrole nitrogens is 1. The minimum atomic E-state index is -1.83. The minimum Gasteiger partial charge on any atom is -0.544 e. The van der Waals surface area contributed by atoms with Crippen LogP contribution in [0.25, 0.3) is 10.9 Å². The van der Waals surface area contributed by atoms with Gasteiger partial charge in [-0.15, -0.1) is 0 Å². The van der Waals surface area contributed by atoms with Gasteiger partial charge in [0.05, 0.1) is 11.1 Å². The molecule has 0 bridgehead atoms. The van der Waals surface area contributed by atoms with Crippen LogP contribution in [-0.4, -0.2) is 25.9 Å². The summed E-state index contributed by atoms with van der Waals surface area (Å²) in [5, 5.41) is 0.927. The molecule has 0 saturated carbocycles. The molecule has 1 heterocycles. The number of fused-ring (bicyclic) bond motifs is 1. The smallest absolute Gasteiger partial charge is 0.355 e. The highest BCUT2D eigenvalue weighted by Gasteiger charge is 2.31. The average Bonchev–Trinajstić information content (AvgIpc) is 2.73. The van der Waals surface area contributed by atoms with Crippen LogP contribution in [-0.2, 0) is 4.74 Å². The summed E-state index contributed by atoms with van der Waals surface area (Å²) in [6.45, 7) is 13.3. The van der Waals surface area contributed by atoms with Crippen molar-refractivity contribution in [3.63, 3.8) is 0 Å². The Bertz CT molecular complexity index is 747. The molecule has 0 spiro atoms. The number of halogens is 1. The Kier molecular flexibility index (Phi) is 5.49. The van der Waals surface area contributed by atoms with Crippen LogP contribution in [0.5, 0.6) is 5.75 Å². The zero-order chi connectivity index (χ0) is 18.1. The van der Waals surface area contributed by atoms with E-state index < -0.39 is 8.32 Å². The summed E-state index contributed by atoms with van der Waals surface area (Å²) in [5.74, 6) is 0.490. The van der Waals surface area contributed by atoms with Crippen LogP contribution in [0.4, 0.5) is 0 Å². The Balaban J connectivity index is 2.31. The van der Waals surface area contributed by atoms with Gasteiger partial charge in [0, 0.05) is 10.9 Å². The maximum absolute atomic E-state index is 12.0. The second-order valence-electron chi connectivity index (χ2n) is 7.84. The Labute approximate surface area is 153 Å². The highest BCUT2D eigenvalue weighted by Crippen LogP contribution is 2.34. The number of aromatic amines is 1. The average molecular weight is 412 g/mol. The third-order valence-electron chi connectivity index (χ3n) is 3.54. The van der Waals surface area contributed by atoms with Gasteiger partial charge in [-0.05, 0) is 65.6 Å². The number of hydrogen-bond donors (Lipinski definition) is 1. The first-order chi connectivity index (χ1) is 11.0. The van der Waals surface area contributed by atoms with E-state index in [0.717, 1.165) is 27.2 Å². The summed E-state index contributed by atoms with van der Waals surface area (Å²) in [5.41, 5.74) is 1.56. The predicted octanol–water partition coefficient (Wildman–Crippen LogP) is 5.74. The van der Waals surface area contributed by atoms with E-state index in [1.54, 1.807) is 6.92 Å². The van der Waals surface area contributed by atoms with Gasteiger partial charge in [0.1, 0.15) is 11.4 Å². The van der Waals surface area contributed by atoms with Crippen molar-refractivity contribution in [1.82, 2.24) is 4.98 Å². The number of rotatable bonds is 5. The minimum absolute atomic E-state index is 0.242. The second-order valence-corrected chi connectivity index (χ2v) is 12.7. The van der Waals surface area contributed by atoms with Gasteiger partial charge < -0.3 is 14.1 Å². The highest BCUT2D eigenvalue weighted by molar-refractivity contribution is 9.10. The van der Waals surface area contributed by atoms with E-state index in [0.29, 0.717) is 12.3 Å². The molecule has 1 aromatic carbocycles. The summed E-state index contributed by atoms with van der Waals surface area (Å²) in [7, 11) is -1.83. The molecule has 2 aromatic rings. The molecule has 0 atom stereocenters. The lowest BCUT2D eigenvalue weighted by atomic mass is 10.0. The molecule has 0 saturated heterocycles. The number of carbonyl (C=O) groups excluding carboxylic acids is 1. The molecule has 0 aliphatic carbocycles. The van der Waals surface area contributed by atoms with Gasteiger partial charge in [0.15, 0.2) is 0 Å². The Morgan fingerprint density at radius 2 is 1.96 bits per heavy atom. The van der Waals surface area contributed by atoms with Crippen LogP contribution in [0, 0.1) is 5.41 Å². The van der Waals surface area contributed by atoms with E-state index in [1.807, 2.05) is 18.2 Å². The normalized spacial score (nSPS) is 12.5. The van der Waals surface area contributed by atoms with Gasteiger partial charge >= 0.3 is 5.97 Å². The maximum Gasteiger partial charge on any atom is 0.355 e. The Hall–Kier alpha value is -1.27. The van der Waals surface area contributed by atoms with E-state index >= 15 is 0 Å². The number of ether oxygens (including phenoxy) is 1. The number of esters is 1. The number of hydrogen-bond acceptors (Lipinski definition) is 3. The van der Waals surface area contributed by atoms with Crippen molar-refractivity contribution in [3.8, 4) is 5.75 Å². The predicted molar refractivity (Wildman–Crippen MR) is 104 cm³/mol. The molecular weight excluding hydrogens is 386 g/mol. The third-order valence-corrected chi connectivity index (χ3v) is 7.06. The van der Waals surface area contributed by atoms with E-state index in [1.165, 1.54) is 0 Å². The number of aromatic nitrogens is 1. The number of benzene rings is 1. The highest BCUT2D eigenvalue weighted by atomic mass is 79.9. The zero-order valence-electron chi connectivity index (χ0n) is 15.2. The fraction of sp³-hybridized carbons (Fsp3) is 0.500. The summed E-state index contributed by atoms with van der Waals surface area (Å²) in [6.07, 6.45) is 0. The van der Waals surface area contributed by atoms with Gasteiger partial charge in [0.2, 0.25) is 8.32 Å². The number of carbonyl (C=O) groups is 1. The lowest BCUT2D eigenvalue weighted by Gasteiger charge is -2.31. The molecule has 4 nitrogen and oxygen atoms in total. The molecule has 0 amide bonds. The van der Waals surface area contributed by atoms with Gasteiger partial charge in [-0.2, -0.15) is 0 Å². The van der Waals surface area contributed by atoms with Crippen molar-refractivity contribution >= 4 is 41.1 Å². The van der Waals surface area contributed by atoms with Crippen molar-refractivity contribution in [1.29, 1.82) is 0 Å². The van der Waals surface area contributed by atoms with Crippen molar-refractivity contribution in [2.75, 3.05) is 6.61 Å². The first-order valence-electron chi connectivity index (χ1n) is 8.20. The lowest BCUT2D eigenvalue weighted by Crippen LogP contribution is -2.38. The molecule has 24 heavy (non-hydrogen) atoms. The molecule has 1 aromatic heterocycles. The molecule has 6 heteroatoms. The van der Waals surface area contributed by atoms with Gasteiger partial charge in [0.25, 0.3) is 0 Å². The van der Waals surface area contributed by atoms with Crippen LogP contribution in [0.15, 0.2) is 22.7 Å². The van der Waals surface area contributed by atoms with Crippen LogP contribution in [0.1, 0.15) is 38.2 Å². The van der Waals surface area contributed by atoms with Crippen LogP contribution < -0.4 is 4.43 Å². The lowest BCUT2D eigenvalue weighted by molar-refractivity contribution is 0.0519. The molecular formula is C18H26BrNO3Si. The molecule has 0 fully saturated rings. The largest absolute Gasteiger partial charge is 0.544 e. The maximum atomic E-state index is 12.0. The molecule has 0 aliphatic rings. The van der Waals surface area contributed by atoms with Crippen molar-refractivity contribution in [2.24, 2.45) is 5.41 Å². The van der Waals surface area contributed by atoms with E-state index in [4.69, 9.17) is 9.16 Å². The third kappa shape index (κ3) is 4.63. The molecule has 1 N–H and O–H groups in total. The van der Waals surface area contributed by atoms with Crippen LogP contribution in [0.3, 0.4) is 0 Å². The standard InChI is InChI=1S/C18H26BrNO3Si/c1-7-22-17(21)16-15(19)13-10-12(8-9-14(13)20-16)23-24(5,6)11-18(2,3)4/h8-10,20H,7,11H2,1-6H3. The quantitative estimate of drug-likeness (QED) is 0.504. The van der Waals surface area contributed by atoms with Crippen LogP contribution >= 0.6 is 15.9 Å². The first-order valence-corrected chi connectivity index (χ1v) is 12.1. The van der Waals surface area contributed by atoms with Gasteiger partial charge in [-0.3, -0.25) is 0 Å². The fourth-order valence-corrected chi connectivity index (χ4v) is 7.16. The molecule has 0 aliphatic heterocycles. The summed E-state index contributed by atoms with van der Waals surface area (Å²) in [4.78, 5) is 15.1. The van der Waals surface area contributed by atoms with E-state index in [-0.39, 0.29) is 11.4 Å². The van der Waals surface area contributed by atoms with Crippen molar-refractivity contribution in [3.05, 3.63) is 28.4 Å². The molecule has 2 rings (SSSR count). The van der Waals surface area contributed by atoms with Crippen LogP contribution in [0.2, 0.25) is 19.1 Å². The molecule has 0 radical (unpaired) electrons. The summed E-state index contributed by atoms with van der Waals surface area (Å²) < 4.78 is 12.1. The summed E-state index contributed by atoms with van der Waals surface area (Å²) >= 11 is 3.51. The van der Waals surface area contributed by atoms with E-state index in [2.05, 4.69) is 54.8 Å². The Morgan fingerprint density at radius 3 is 2.54 bits per heavy atom. The summed E-state index contributed by atoms with van der Waals surface area (Å²) in [6, 6.07) is 6.95. The first kappa shape index (κ1) is 19.1. The van der Waals surface area contributed by atoms with E-state index in [9.17, 15) is 4.79 Å². The monoisotopic (exact) mass is 411 g/mol. The Morgan fingerprint density at radius 1 is 1.29 bits per heavy atom. The zero-order valence-corrected chi connectivity index (χ0v) is 17.8. The second kappa shape index (κ2) is 6.92. The van der Waals surface area contributed by atoms with Gasteiger partial charge in [-0.25, -0.2) is 4.79 Å². The molecule has 132 valence electrons. The van der Waals surface area contributed by atoms with Crippen molar-refractivity contribution in [2.45, 2.75) is 46.8 Å². The van der Waals surface area contributed by atoms with Crippen molar-refractivity contribution < 1.29 is 14.0 Å². The SMILES string of the molecule is CCOC(=O)c1[nH]c2ccc(O[Si](C)(C)CC(C)(C)C)cc2c1Br.